The van der Waals surface area contributed by atoms with E-state index >= 15 is 0 Å². The molecule has 6 heavy (non-hydrogen) atoms. The minimum absolute atomic E-state index is 0.109. The van der Waals surface area contributed by atoms with E-state index in [0.717, 1.165) is 0 Å². The predicted molar refractivity (Wildman–Crippen MR) is 26.7 cm³/mol. The van der Waals surface area contributed by atoms with Crippen LogP contribution in [0.4, 0.5) is 0 Å². The van der Waals surface area contributed by atoms with Gasteiger partial charge >= 0.3 is 0 Å². The van der Waals surface area contributed by atoms with Crippen LogP contribution in [-0.4, -0.2) is 5.84 Å². The molecule has 0 heterocycles. The Morgan fingerprint density at radius 1 is 1.83 bits per heavy atom. The minimum atomic E-state index is 0.109. The molecule has 0 aromatic rings. The van der Waals surface area contributed by atoms with Crippen LogP contribution in [0.3, 0.4) is 0 Å². The van der Waals surface area contributed by atoms with E-state index in [9.17, 15) is 0 Å². The smallest absolute Gasteiger partial charge is 0.114 e. The molecule has 0 spiro atoms. The van der Waals surface area contributed by atoms with Crippen molar-refractivity contribution in [3.05, 3.63) is 12.2 Å². The molecule has 2 nitrogen and oxygen atoms in total. The molecule has 0 saturated heterocycles. The van der Waals surface area contributed by atoms with Crippen LogP contribution in [-0.2, 0) is 0 Å². The van der Waals surface area contributed by atoms with Gasteiger partial charge in [0.1, 0.15) is 5.84 Å². The summed E-state index contributed by atoms with van der Waals surface area (Å²) in [5, 5.41) is 6.59. The standard InChI is InChI=1S/C4H8N2/c1-2-3-4(5)6/h2-3H,1H3,(H3,5,6)/b3-2-. The van der Waals surface area contributed by atoms with Crippen LogP contribution in [0.25, 0.3) is 0 Å². The van der Waals surface area contributed by atoms with Crippen LogP contribution >= 0.6 is 0 Å². The van der Waals surface area contributed by atoms with Gasteiger partial charge in [0.25, 0.3) is 0 Å². The summed E-state index contributed by atoms with van der Waals surface area (Å²) >= 11 is 0. The fourth-order valence-electron chi connectivity index (χ4n) is 0.180. The lowest BCUT2D eigenvalue weighted by Gasteiger charge is -1.75. The summed E-state index contributed by atoms with van der Waals surface area (Å²) in [5.74, 6) is 0.109. The second kappa shape index (κ2) is 2.45. The predicted octanol–water partition coefficient (Wildman–Crippen LogP) is 0.498. The Morgan fingerprint density at radius 3 is 2.33 bits per heavy atom. The highest BCUT2D eigenvalue weighted by atomic mass is 14.7. The molecule has 0 amide bonds. The number of nitrogens with one attached hydrogen (secondary N) is 1. The van der Waals surface area contributed by atoms with Crippen molar-refractivity contribution in [1.29, 1.82) is 5.41 Å². The van der Waals surface area contributed by atoms with Gasteiger partial charge in [0.15, 0.2) is 0 Å². The number of rotatable bonds is 1. The molecule has 0 aromatic heterocycles. The highest BCUT2D eigenvalue weighted by molar-refractivity contribution is 5.88. The molecule has 0 bridgehead atoms. The van der Waals surface area contributed by atoms with Crippen molar-refractivity contribution < 1.29 is 0 Å². The van der Waals surface area contributed by atoms with E-state index in [2.05, 4.69) is 0 Å². The average Bonchev–Trinajstić information content (AvgIpc) is 1.35. The SMILES string of the molecule is C/C=C\C(=N)N. The van der Waals surface area contributed by atoms with E-state index in [4.69, 9.17) is 11.1 Å². The van der Waals surface area contributed by atoms with Crippen molar-refractivity contribution in [1.82, 2.24) is 0 Å². The summed E-state index contributed by atoms with van der Waals surface area (Å²) in [5.41, 5.74) is 4.90. The lowest BCUT2D eigenvalue weighted by Crippen LogP contribution is -2.03. The number of hydrogen-bond donors (Lipinski definition) is 2. The average molecular weight is 84.1 g/mol. The summed E-state index contributed by atoms with van der Waals surface area (Å²) in [6.07, 6.45) is 3.25. The molecule has 0 aliphatic heterocycles. The molecule has 0 rings (SSSR count). The van der Waals surface area contributed by atoms with Crippen LogP contribution in [0, 0.1) is 5.41 Å². The first-order valence-corrected chi connectivity index (χ1v) is 1.74. The van der Waals surface area contributed by atoms with Gasteiger partial charge < -0.3 is 5.73 Å². The normalized spacial score (nSPS) is 9.50. The van der Waals surface area contributed by atoms with Gasteiger partial charge in [-0.15, -0.1) is 0 Å². The lowest BCUT2D eigenvalue weighted by molar-refractivity contribution is 1.46. The van der Waals surface area contributed by atoms with Gasteiger partial charge in [-0.1, -0.05) is 6.08 Å². The Morgan fingerprint density at radius 2 is 2.33 bits per heavy atom. The Labute approximate surface area is 37.2 Å². The quantitative estimate of drug-likeness (QED) is 0.352. The van der Waals surface area contributed by atoms with Crippen molar-refractivity contribution in [3.63, 3.8) is 0 Å². The Hall–Kier alpha value is -0.790. The summed E-state index contributed by atoms with van der Waals surface area (Å²) in [4.78, 5) is 0. The second-order valence-electron chi connectivity index (χ2n) is 0.955. The van der Waals surface area contributed by atoms with Gasteiger partial charge in [-0.05, 0) is 13.0 Å². The Balaban J connectivity index is 3.30. The minimum Gasteiger partial charge on any atom is -0.384 e. The maximum Gasteiger partial charge on any atom is 0.114 e. The first kappa shape index (κ1) is 5.21. The van der Waals surface area contributed by atoms with Gasteiger partial charge in [-0.25, -0.2) is 0 Å². The largest absolute Gasteiger partial charge is 0.384 e. The van der Waals surface area contributed by atoms with Crippen LogP contribution in [0.1, 0.15) is 6.92 Å². The summed E-state index contributed by atoms with van der Waals surface area (Å²) < 4.78 is 0. The monoisotopic (exact) mass is 84.1 g/mol. The number of amidine groups is 1. The van der Waals surface area contributed by atoms with Crippen molar-refractivity contribution in [3.8, 4) is 0 Å². The summed E-state index contributed by atoms with van der Waals surface area (Å²) in [6, 6.07) is 0. The molecule has 0 unspecified atom stereocenters. The molecular formula is C4H8N2. The van der Waals surface area contributed by atoms with Gasteiger partial charge in [0.05, 0.1) is 0 Å². The first-order valence-electron chi connectivity index (χ1n) is 1.74. The number of allylic oxidation sites excluding steroid dienone is 1. The zero-order chi connectivity index (χ0) is 4.99. The molecule has 34 valence electrons. The second-order valence-corrected chi connectivity index (χ2v) is 0.955. The van der Waals surface area contributed by atoms with Gasteiger partial charge in [-0.3, -0.25) is 5.41 Å². The summed E-state index contributed by atoms with van der Waals surface area (Å²) in [6.45, 7) is 1.82. The van der Waals surface area contributed by atoms with E-state index in [0.29, 0.717) is 0 Å². The third-order valence-electron chi connectivity index (χ3n) is 0.346. The molecule has 0 aliphatic carbocycles. The van der Waals surface area contributed by atoms with Gasteiger partial charge in [0, 0.05) is 0 Å². The Bertz CT molecular complexity index is 73.6. The lowest BCUT2D eigenvalue weighted by atomic mass is 10.5. The third-order valence-corrected chi connectivity index (χ3v) is 0.346. The van der Waals surface area contributed by atoms with E-state index in [-0.39, 0.29) is 5.84 Å². The molecule has 3 N–H and O–H groups in total. The highest BCUT2D eigenvalue weighted by Crippen LogP contribution is 1.62. The molecule has 0 radical (unpaired) electrons. The summed E-state index contributed by atoms with van der Waals surface area (Å²) in [7, 11) is 0. The zero-order valence-corrected chi connectivity index (χ0v) is 3.73. The molecule has 0 fully saturated rings. The van der Waals surface area contributed by atoms with Crippen LogP contribution in [0.5, 0.6) is 0 Å². The van der Waals surface area contributed by atoms with Crippen molar-refractivity contribution in [2.75, 3.05) is 0 Å². The molecule has 2 heteroatoms. The van der Waals surface area contributed by atoms with E-state index < -0.39 is 0 Å². The third kappa shape index (κ3) is 3.21. The molecule has 0 aliphatic rings. The topological polar surface area (TPSA) is 49.9 Å². The fourth-order valence-corrected chi connectivity index (χ4v) is 0.180. The van der Waals surface area contributed by atoms with E-state index in [1.54, 1.807) is 6.08 Å². The van der Waals surface area contributed by atoms with Crippen LogP contribution in [0.2, 0.25) is 0 Å². The number of nitrogens with two attached hydrogens (primary N) is 1. The highest BCUT2D eigenvalue weighted by Gasteiger charge is 1.66. The van der Waals surface area contributed by atoms with Crippen LogP contribution in [0.15, 0.2) is 12.2 Å². The maximum absolute atomic E-state index is 6.59. The van der Waals surface area contributed by atoms with Crippen LogP contribution < -0.4 is 5.73 Å². The van der Waals surface area contributed by atoms with E-state index in [1.807, 2.05) is 6.92 Å². The zero-order valence-electron chi connectivity index (χ0n) is 3.73. The van der Waals surface area contributed by atoms with Gasteiger partial charge in [-0.2, -0.15) is 0 Å². The molecular weight excluding hydrogens is 76.1 g/mol. The van der Waals surface area contributed by atoms with Gasteiger partial charge in [0.2, 0.25) is 0 Å². The number of hydrogen-bond acceptors (Lipinski definition) is 1. The fraction of sp³-hybridized carbons (Fsp3) is 0.250. The van der Waals surface area contributed by atoms with Crippen molar-refractivity contribution in [2.45, 2.75) is 6.92 Å². The maximum atomic E-state index is 6.59. The molecule has 0 atom stereocenters. The first-order chi connectivity index (χ1) is 2.77. The van der Waals surface area contributed by atoms with Crippen molar-refractivity contribution in [2.24, 2.45) is 5.73 Å². The van der Waals surface area contributed by atoms with E-state index in [1.165, 1.54) is 6.08 Å². The molecule has 0 aromatic carbocycles. The Kier molecular flexibility index (Phi) is 2.13. The van der Waals surface area contributed by atoms with Crippen molar-refractivity contribution >= 4 is 5.84 Å². The molecule has 0 saturated carbocycles.